The highest BCUT2D eigenvalue weighted by Gasteiger charge is 2.19. The first-order valence-electron chi connectivity index (χ1n) is 43.9. The average molecular weight is 1640 g/mol. The van der Waals surface area contributed by atoms with E-state index in [0.717, 1.165) is 134 Å². The Bertz CT molecular complexity index is 5820. The Labute approximate surface area is 718 Å². The number of nitrogens with zero attached hydrogens (tertiary/aromatic N) is 18. The summed E-state index contributed by atoms with van der Waals surface area (Å²) in [6.45, 7) is 18.5. The maximum absolute atomic E-state index is 11.3. The van der Waals surface area contributed by atoms with Crippen molar-refractivity contribution in [2.45, 2.75) is 123 Å². The summed E-state index contributed by atoms with van der Waals surface area (Å²) in [7, 11) is 0. The standard InChI is InChI=1S/C27H30N6O.C25H28N6.C23H26N6.C23H25N5O/c1-20(34)28-23-15-11-22(12-16-23)25-7-4-8-26-30-27(31-33(25)26)29-24-13-9-21(10-14-24)6-5-19-32-17-2-3-18-32;1-19-9-12-21(18-26-19)23-7-4-8-24-28-25(29-31(23)24)27-22-13-10-20(11-14-22)6-5-17-30-15-2-3-16-30;1-2-13-28(12-1)14-4-5-18-8-10-19(11-9-18)15-22-26-23-7-3-6-21(29(23)27-22)20-16-24-25-17-20;1-2-15-27(14-1)16-4-6-18-10-12-19(13-11-18)24-23-25-22-9-3-7-20(28(22)26-23)21-8-5-17-29-21/h4,7-16H,2-3,5-6,17-19H2,1H3,(H,28,34)(H,29,31);4,7-14,18H,2-3,5-6,15-17H2,1H3,(H,27,29);3,6-11,16-17H,1-2,4-5,12-15H2,(H,24,25);3,5,7-13,17H,1-2,4,6,14-16H2,(H,24,26). The highest BCUT2D eigenvalue weighted by Crippen LogP contribution is 2.29. The fourth-order valence-corrected chi connectivity index (χ4v) is 16.8. The van der Waals surface area contributed by atoms with Gasteiger partial charge in [-0.3, -0.25) is 14.9 Å². The van der Waals surface area contributed by atoms with Gasteiger partial charge in [0.1, 0.15) is 5.69 Å². The Hall–Kier alpha value is -13.1. The smallest absolute Gasteiger partial charge is 0.247 e. The zero-order valence-corrected chi connectivity index (χ0v) is 70.5. The molecule has 1 amide bonds. The highest BCUT2D eigenvalue weighted by molar-refractivity contribution is 5.89. The van der Waals surface area contributed by atoms with E-state index >= 15 is 0 Å². The minimum atomic E-state index is -0.0862. The number of nitrogens with one attached hydrogen (secondary N) is 5. The minimum absolute atomic E-state index is 0.0862. The number of amides is 1. The van der Waals surface area contributed by atoms with Crippen LogP contribution in [0.3, 0.4) is 0 Å². The summed E-state index contributed by atoms with van der Waals surface area (Å²) < 4.78 is 12.9. The van der Waals surface area contributed by atoms with Crippen LogP contribution in [0.25, 0.3) is 67.8 Å². The zero-order chi connectivity index (χ0) is 83.3. The molecule has 16 aromatic rings. The molecule has 0 atom stereocenters. The number of pyridine rings is 5. The van der Waals surface area contributed by atoms with Gasteiger partial charge in [0.05, 0.1) is 29.5 Å². The van der Waals surface area contributed by atoms with E-state index in [2.05, 4.69) is 184 Å². The molecule has 0 radical (unpaired) electrons. The molecule has 25 heteroatoms. The molecule has 11 aromatic heterocycles. The van der Waals surface area contributed by atoms with Gasteiger partial charge >= 0.3 is 0 Å². The number of hydrogen-bond acceptors (Lipinski definition) is 19. The van der Waals surface area contributed by atoms with Crippen molar-refractivity contribution >= 4 is 69.1 Å². The number of aromatic nitrogens is 15. The van der Waals surface area contributed by atoms with Crippen LogP contribution in [-0.4, -0.2) is 178 Å². The lowest BCUT2D eigenvalue weighted by molar-refractivity contribution is -0.114. The van der Waals surface area contributed by atoms with Gasteiger partial charge in [-0.2, -0.15) is 25.1 Å². The first kappa shape index (κ1) is 82.3. The Morgan fingerprint density at radius 1 is 0.374 bits per heavy atom. The first-order valence-corrected chi connectivity index (χ1v) is 43.9. The van der Waals surface area contributed by atoms with E-state index in [1.165, 1.54) is 190 Å². The zero-order valence-electron chi connectivity index (χ0n) is 70.5. The van der Waals surface area contributed by atoms with E-state index in [4.69, 9.17) is 19.6 Å². The molecule has 4 saturated heterocycles. The largest absolute Gasteiger partial charge is 0.463 e. The van der Waals surface area contributed by atoms with Gasteiger partial charge < -0.3 is 45.3 Å². The summed E-state index contributed by atoms with van der Waals surface area (Å²) in [5.74, 6) is 3.24. The SMILES string of the molecule is CC(=O)Nc1ccc(-c2cccc3nc(Nc4ccc(CCCN5CCCC5)cc4)nn23)cc1.Cc1ccc(-c2cccc3nc(Nc4ccc(CCCN5CCCC5)cc4)nn23)cn1.c1cc(-c2cn[nH]c2)n2nc(Cc3ccc(CCCN4CCCC4)cc3)nc2c1.c1coc(-c2cccc3nc(Nc4ccc(CCCN5CCCC5)cc4)nn23)c1. The number of carbonyl (C=O) groups is 1. The summed E-state index contributed by atoms with van der Waals surface area (Å²) in [6, 6.07) is 74.1. The predicted octanol–water partition coefficient (Wildman–Crippen LogP) is 18.5. The van der Waals surface area contributed by atoms with Crippen LogP contribution >= 0.6 is 0 Å². The van der Waals surface area contributed by atoms with Gasteiger partial charge in [-0.25, -0.2) is 23.0 Å². The van der Waals surface area contributed by atoms with Gasteiger partial charge in [-0.15, -0.1) is 15.3 Å². The molecule has 0 saturated carbocycles. The van der Waals surface area contributed by atoms with E-state index in [1.807, 2.05) is 148 Å². The Morgan fingerprint density at radius 3 is 1.15 bits per heavy atom. The topological polar surface area (TPSA) is 254 Å². The van der Waals surface area contributed by atoms with E-state index in [-0.39, 0.29) is 5.91 Å². The van der Waals surface area contributed by atoms with Crippen molar-refractivity contribution in [3.8, 4) is 45.2 Å². The van der Waals surface area contributed by atoms with Gasteiger partial charge in [0.15, 0.2) is 34.2 Å². The number of aryl methyl sites for hydroxylation is 5. The summed E-state index contributed by atoms with van der Waals surface area (Å²) in [5.41, 5.74) is 21.5. The molecule has 4 fully saturated rings. The molecule has 4 aliphatic rings. The predicted molar refractivity (Wildman–Crippen MR) is 489 cm³/mol. The second-order valence-electron chi connectivity index (χ2n) is 32.5. The maximum Gasteiger partial charge on any atom is 0.247 e. The molecule has 15 heterocycles. The lowest BCUT2D eigenvalue weighted by Gasteiger charge is -2.14. The number of anilines is 7. The van der Waals surface area contributed by atoms with E-state index in [9.17, 15) is 4.79 Å². The van der Waals surface area contributed by atoms with Gasteiger partial charge in [0.2, 0.25) is 23.8 Å². The number of aromatic amines is 1. The molecule has 0 unspecified atom stereocenters. The minimum Gasteiger partial charge on any atom is -0.463 e. The molecular formula is C98H109N23O2. The van der Waals surface area contributed by atoms with E-state index in [1.54, 1.807) is 17.0 Å². The fraction of sp³-hybridized carbons (Fsp3) is 0.316. The number of hydrogen-bond donors (Lipinski definition) is 5. The monoisotopic (exact) mass is 1640 g/mol. The lowest BCUT2D eigenvalue weighted by atomic mass is 10.1. The third-order valence-electron chi connectivity index (χ3n) is 23.3. The molecular weight excluding hydrogens is 1530 g/mol. The summed E-state index contributed by atoms with van der Waals surface area (Å²) in [6.07, 6.45) is 28.2. The second kappa shape index (κ2) is 40.5. The number of fused-ring (bicyclic) bond motifs is 4. The third kappa shape index (κ3) is 22.2. The van der Waals surface area contributed by atoms with Crippen LogP contribution in [0.1, 0.15) is 123 Å². The molecule has 20 rings (SSSR count). The van der Waals surface area contributed by atoms with E-state index < -0.39 is 0 Å². The van der Waals surface area contributed by atoms with Crippen molar-refractivity contribution in [1.82, 2.24) is 93.2 Å². The Kier molecular flexibility index (Phi) is 27.1. The molecule has 5 N–H and O–H groups in total. The van der Waals surface area contributed by atoms with Crippen molar-refractivity contribution in [3.63, 3.8) is 0 Å². The van der Waals surface area contributed by atoms with Gasteiger partial charge in [-0.1, -0.05) is 97.1 Å². The van der Waals surface area contributed by atoms with Crippen LogP contribution < -0.4 is 21.3 Å². The maximum atomic E-state index is 11.3. The van der Waals surface area contributed by atoms with Crippen LogP contribution in [-0.2, 0) is 36.9 Å². The number of likely N-dealkylation sites (tertiary alicyclic amines) is 4. The van der Waals surface area contributed by atoms with Crippen molar-refractivity contribution in [1.29, 1.82) is 0 Å². The van der Waals surface area contributed by atoms with Crippen LogP contribution in [0.4, 0.5) is 40.6 Å². The number of benzene rings is 5. The van der Waals surface area contributed by atoms with Crippen molar-refractivity contribution in [2.75, 3.05) is 99.8 Å². The van der Waals surface area contributed by atoms with Crippen molar-refractivity contribution in [2.24, 2.45) is 0 Å². The molecule has 628 valence electrons. The number of rotatable bonds is 29. The van der Waals surface area contributed by atoms with Crippen LogP contribution in [0, 0.1) is 6.92 Å². The van der Waals surface area contributed by atoms with Crippen LogP contribution in [0.2, 0.25) is 0 Å². The fourth-order valence-electron chi connectivity index (χ4n) is 16.8. The lowest BCUT2D eigenvalue weighted by Crippen LogP contribution is -2.20. The first-order chi connectivity index (χ1) is 60.6. The second-order valence-corrected chi connectivity index (χ2v) is 32.5. The molecule has 123 heavy (non-hydrogen) atoms. The number of carbonyl (C=O) groups excluding carboxylic acids is 1. The molecule has 0 spiro atoms. The third-order valence-corrected chi connectivity index (χ3v) is 23.3. The number of H-pyrrole nitrogens is 1. The normalized spacial score (nSPS) is 14.4. The average Bonchev–Trinajstić information content (AvgIpc) is 1.67. The Balaban J connectivity index is 0.000000117. The van der Waals surface area contributed by atoms with Crippen LogP contribution in [0.5, 0.6) is 0 Å². The summed E-state index contributed by atoms with van der Waals surface area (Å²) in [4.78, 5) is 44.6. The molecule has 5 aromatic carbocycles. The molecule has 4 aliphatic heterocycles. The van der Waals surface area contributed by atoms with Gasteiger partial charge in [0, 0.05) is 70.9 Å². The summed E-state index contributed by atoms with van der Waals surface area (Å²) >= 11 is 0. The molecule has 0 bridgehead atoms. The van der Waals surface area contributed by atoms with Crippen LogP contribution in [0.15, 0.2) is 248 Å². The summed E-state index contributed by atoms with van der Waals surface area (Å²) in [5, 5.41) is 38.4. The van der Waals surface area contributed by atoms with E-state index in [0.29, 0.717) is 17.8 Å². The molecule has 0 aliphatic carbocycles. The van der Waals surface area contributed by atoms with Gasteiger partial charge in [0.25, 0.3) is 0 Å². The van der Waals surface area contributed by atoms with Crippen molar-refractivity contribution in [3.05, 3.63) is 283 Å². The molecule has 25 nitrogen and oxygen atoms in total. The highest BCUT2D eigenvalue weighted by atomic mass is 16.3. The number of furan rings is 1. The quantitative estimate of drug-likeness (QED) is 0.0292. The van der Waals surface area contributed by atoms with Gasteiger partial charge in [-0.05, 0) is 337 Å². The van der Waals surface area contributed by atoms with Crippen molar-refractivity contribution < 1.29 is 9.21 Å². The Morgan fingerprint density at radius 2 is 0.748 bits per heavy atom.